The van der Waals surface area contributed by atoms with Crippen molar-refractivity contribution in [2.45, 2.75) is 24.8 Å². The number of carbonyl (C=O) groups excluding carboxylic acids is 2. The Bertz CT molecular complexity index is 1180. The van der Waals surface area contributed by atoms with Crippen LogP contribution in [0.2, 0.25) is 0 Å². The van der Waals surface area contributed by atoms with Crippen LogP contribution >= 0.6 is 0 Å². The second-order valence-electron chi connectivity index (χ2n) is 7.24. The van der Waals surface area contributed by atoms with E-state index in [0.29, 0.717) is 28.4 Å². The van der Waals surface area contributed by atoms with Crippen LogP contribution in [0.5, 0.6) is 17.2 Å². The molecule has 0 saturated heterocycles. The molecule has 2 aliphatic rings. The van der Waals surface area contributed by atoms with Crippen LogP contribution in [-0.2, 0) is 19.6 Å². The summed E-state index contributed by atoms with van der Waals surface area (Å²) in [5.74, 6) is 0.519. The topological polar surface area (TPSA) is 123 Å². The van der Waals surface area contributed by atoms with E-state index in [1.807, 2.05) is 0 Å². The van der Waals surface area contributed by atoms with E-state index in [2.05, 4.69) is 10.6 Å². The number of nitrogens with zero attached hydrogens (tertiary/aromatic N) is 1. The largest absolute Gasteiger partial charge is 0.479 e. The number of likely N-dealkylation sites (N-methyl/N-ethyl adjacent to an activating group) is 1. The number of hydrogen-bond donors (Lipinski definition) is 2. The quantitative estimate of drug-likeness (QED) is 0.715. The highest BCUT2D eigenvalue weighted by Crippen LogP contribution is 2.36. The van der Waals surface area contributed by atoms with E-state index in [9.17, 15) is 18.0 Å². The summed E-state index contributed by atoms with van der Waals surface area (Å²) in [5.41, 5.74) is 1.28. The maximum Gasteiger partial charge on any atom is 0.265 e. The number of sulfonamides is 1. The Morgan fingerprint density at radius 1 is 1.19 bits per heavy atom. The first-order chi connectivity index (χ1) is 14.6. The summed E-state index contributed by atoms with van der Waals surface area (Å²) in [5, 5.41) is 5.33. The molecule has 11 heteroatoms. The van der Waals surface area contributed by atoms with E-state index in [-0.39, 0.29) is 23.3 Å². The van der Waals surface area contributed by atoms with Gasteiger partial charge in [0.1, 0.15) is 5.75 Å². The molecule has 0 fully saturated rings. The van der Waals surface area contributed by atoms with E-state index >= 15 is 0 Å². The SMILES string of the molecule is Cc1cc2c(cc1S(=O)(=O)N(C)CC(=O)Nc1ccc3c(c1)OCO3)O[C@H](C)C(=O)N2. The molecular formula is C20H21N3O7S. The Hall–Kier alpha value is -3.31. The van der Waals surface area contributed by atoms with Crippen molar-refractivity contribution in [3.63, 3.8) is 0 Å². The third-order valence-electron chi connectivity index (χ3n) is 4.92. The number of fused-ring (bicyclic) bond motifs is 2. The second kappa shape index (κ2) is 7.75. The summed E-state index contributed by atoms with van der Waals surface area (Å²) in [4.78, 5) is 24.2. The number of benzene rings is 2. The lowest BCUT2D eigenvalue weighted by Crippen LogP contribution is -2.36. The summed E-state index contributed by atoms with van der Waals surface area (Å²) in [6.07, 6.45) is -0.740. The van der Waals surface area contributed by atoms with Crippen LogP contribution in [0.4, 0.5) is 11.4 Å². The first-order valence-electron chi connectivity index (χ1n) is 9.43. The fourth-order valence-electron chi connectivity index (χ4n) is 3.25. The van der Waals surface area contributed by atoms with E-state index in [1.165, 1.54) is 19.2 Å². The van der Waals surface area contributed by atoms with Crippen LogP contribution in [0.25, 0.3) is 0 Å². The minimum atomic E-state index is -4.00. The molecule has 0 radical (unpaired) electrons. The molecule has 0 aromatic heterocycles. The van der Waals surface area contributed by atoms with Gasteiger partial charge in [0, 0.05) is 24.9 Å². The normalized spacial score (nSPS) is 17.0. The maximum absolute atomic E-state index is 13.1. The van der Waals surface area contributed by atoms with E-state index in [4.69, 9.17) is 14.2 Å². The van der Waals surface area contributed by atoms with Crippen LogP contribution in [-0.4, -0.2) is 51.0 Å². The lowest BCUT2D eigenvalue weighted by Gasteiger charge is -2.25. The summed E-state index contributed by atoms with van der Waals surface area (Å²) in [6.45, 7) is 2.89. The highest BCUT2D eigenvalue weighted by molar-refractivity contribution is 7.89. The lowest BCUT2D eigenvalue weighted by molar-refractivity contribution is -0.122. The molecule has 0 spiro atoms. The first kappa shape index (κ1) is 20.9. The van der Waals surface area contributed by atoms with Crippen LogP contribution in [0, 0.1) is 6.92 Å². The summed E-state index contributed by atoms with van der Waals surface area (Å²) in [7, 11) is -2.68. The second-order valence-corrected chi connectivity index (χ2v) is 9.25. The molecule has 2 N–H and O–H groups in total. The van der Waals surface area contributed by atoms with Crippen LogP contribution in [0.1, 0.15) is 12.5 Å². The molecule has 2 aromatic rings. The third-order valence-corrected chi connectivity index (χ3v) is 6.86. The van der Waals surface area contributed by atoms with Crippen molar-refractivity contribution in [2.75, 3.05) is 31.0 Å². The minimum absolute atomic E-state index is 0.00650. The molecule has 10 nitrogen and oxygen atoms in total. The van der Waals surface area contributed by atoms with Crippen molar-refractivity contribution < 1.29 is 32.2 Å². The van der Waals surface area contributed by atoms with Crippen LogP contribution < -0.4 is 24.8 Å². The predicted octanol–water partition coefficient (Wildman–Crippen LogP) is 1.70. The van der Waals surface area contributed by atoms with Gasteiger partial charge in [-0.15, -0.1) is 0 Å². The van der Waals surface area contributed by atoms with Crippen LogP contribution in [0.15, 0.2) is 35.2 Å². The van der Waals surface area contributed by atoms with Crippen molar-refractivity contribution in [3.8, 4) is 17.2 Å². The minimum Gasteiger partial charge on any atom is -0.479 e. The smallest absolute Gasteiger partial charge is 0.265 e. The van der Waals surface area contributed by atoms with Gasteiger partial charge in [-0.05, 0) is 37.6 Å². The molecule has 0 unspecified atom stereocenters. The number of rotatable bonds is 5. The van der Waals surface area contributed by atoms with Crippen molar-refractivity contribution in [1.82, 2.24) is 4.31 Å². The van der Waals surface area contributed by atoms with Crippen molar-refractivity contribution in [1.29, 1.82) is 0 Å². The summed E-state index contributed by atoms with van der Waals surface area (Å²) < 4.78 is 43.1. The maximum atomic E-state index is 13.1. The molecule has 2 heterocycles. The van der Waals surface area contributed by atoms with E-state index in [0.717, 1.165) is 4.31 Å². The monoisotopic (exact) mass is 447 g/mol. The number of carbonyl (C=O) groups is 2. The average molecular weight is 447 g/mol. The molecule has 31 heavy (non-hydrogen) atoms. The Balaban J connectivity index is 1.50. The van der Waals surface area contributed by atoms with E-state index < -0.39 is 28.6 Å². The molecule has 2 aromatic carbocycles. The van der Waals surface area contributed by atoms with Gasteiger partial charge in [0.25, 0.3) is 5.91 Å². The van der Waals surface area contributed by atoms with Crippen molar-refractivity contribution in [3.05, 3.63) is 35.9 Å². The highest BCUT2D eigenvalue weighted by Gasteiger charge is 2.30. The Kier molecular flexibility index (Phi) is 5.23. The Morgan fingerprint density at radius 2 is 1.94 bits per heavy atom. The third kappa shape index (κ3) is 4.01. The molecule has 164 valence electrons. The zero-order chi connectivity index (χ0) is 22.3. The molecule has 0 aliphatic carbocycles. The van der Waals surface area contributed by atoms with Gasteiger partial charge in [0.15, 0.2) is 17.6 Å². The molecule has 4 rings (SSSR count). The van der Waals surface area contributed by atoms with Gasteiger partial charge in [-0.1, -0.05) is 0 Å². The van der Waals surface area contributed by atoms with Gasteiger partial charge >= 0.3 is 0 Å². The number of aryl methyl sites for hydroxylation is 1. The Labute approximate surface area is 179 Å². The number of ether oxygens (including phenoxy) is 3. The molecule has 2 amide bonds. The summed E-state index contributed by atoms with van der Waals surface area (Å²) in [6, 6.07) is 7.80. The summed E-state index contributed by atoms with van der Waals surface area (Å²) >= 11 is 0. The standard InChI is InChI=1S/C20H21N3O7S/c1-11-6-14-16(30-12(2)20(25)22-14)8-18(11)31(26,27)23(3)9-19(24)21-13-4-5-15-17(7-13)29-10-28-15/h4-8,12H,9-10H2,1-3H3,(H,21,24)(H,22,25)/t12-/m1/s1. The molecule has 0 saturated carbocycles. The molecular weight excluding hydrogens is 426 g/mol. The first-order valence-corrected chi connectivity index (χ1v) is 10.9. The number of nitrogens with one attached hydrogen (secondary N) is 2. The van der Waals surface area contributed by atoms with E-state index in [1.54, 1.807) is 32.0 Å². The van der Waals surface area contributed by atoms with Gasteiger partial charge in [0.2, 0.25) is 22.7 Å². The van der Waals surface area contributed by atoms with Crippen molar-refractivity contribution >= 4 is 33.2 Å². The van der Waals surface area contributed by atoms with Crippen molar-refractivity contribution in [2.24, 2.45) is 0 Å². The fraction of sp³-hybridized carbons (Fsp3) is 0.300. The zero-order valence-electron chi connectivity index (χ0n) is 17.1. The highest BCUT2D eigenvalue weighted by atomic mass is 32.2. The van der Waals surface area contributed by atoms with Gasteiger partial charge in [-0.25, -0.2) is 8.42 Å². The lowest BCUT2D eigenvalue weighted by atomic mass is 10.1. The predicted molar refractivity (Wildman–Crippen MR) is 111 cm³/mol. The molecule has 2 aliphatic heterocycles. The van der Waals surface area contributed by atoms with Gasteiger partial charge in [0.05, 0.1) is 17.1 Å². The van der Waals surface area contributed by atoms with Gasteiger partial charge < -0.3 is 24.8 Å². The average Bonchev–Trinajstić information content (AvgIpc) is 3.16. The zero-order valence-corrected chi connectivity index (χ0v) is 17.9. The van der Waals surface area contributed by atoms with Gasteiger partial charge in [-0.2, -0.15) is 4.31 Å². The number of anilines is 2. The van der Waals surface area contributed by atoms with Gasteiger partial charge in [-0.3, -0.25) is 9.59 Å². The fourth-order valence-corrected chi connectivity index (χ4v) is 4.60. The van der Waals surface area contributed by atoms with Crippen LogP contribution in [0.3, 0.4) is 0 Å². The Morgan fingerprint density at radius 3 is 2.71 bits per heavy atom. The number of hydrogen-bond acceptors (Lipinski definition) is 7. The molecule has 0 bridgehead atoms. The number of amides is 2. The molecule has 1 atom stereocenters.